The minimum absolute atomic E-state index is 0.133. The average Bonchev–Trinajstić information content (AvgIpc) is 3.98. The lowest BCUT2D eigenvalue weighted by molar-refractivity contribution is 0.660. The maximum atomic E-state index is 6.52. The highest BCUT2D eigenvalue weighted by Gasteiger charge is 2.46. The number of hydrogen-bond donors (Lipinski definition) is 0. The number of hydrogen-bond acceptors (Lipinski definition) is 2. The lowest BCUT2D eigenvalue weighted by atomic mass is 9.67. The Morgan fingerprint density at radius 3 is 1.65 bits per heavy atom. The van der Waals surface area contributed by atoms with Crippen LogP contribution in [0.5, 0.6) is 0 Å². The first-order chi connectivity index (χ1) is 32.5. The fourth-order valence-electron chi connectivity index (χ4n) is 11.7. The molecule has 312 valence electrons. The van der Waals surface area contributed by atoms with Gasteiger partial charge >= 0.3 is 0 Å². The molecule has 13 rings (SSSR count). The van der Waals surface area contributed by atoms with Crippen LogP contribution >= 0.6 is 0 Å². The van der Waals surface area contributed by atoms with Crippen LogP contribution in [0, 0.1) is 0 Å². The van der Waals surface area contributed by atoms with Crippen molar-refractivity contribution in [2.45, 2.75) is 24.7 Å². The predicted octanol–water partition coefficient (Wildman–Crippen LogP) is 17.1. The molecule has 2 nitrogen and oxygen atoms in total. The monoisotopic (exact) mass is 843 g/mol. The van der Waals surface area contributed by atoms with Gasteiger partial charge in [-0.25, -0.2) is 0 Å². The van der Waals surface area contributed by atoms with Crippen molar-refractivity contribution in [1.29, 1.82) is 0 Å². The van der Waals surface area contributed by atoms with Crippen molar-refractivity contribution in [3.63, 3.8) is 0 Å². The van der Waals surface area contributed by atoms with E-state index in [2.05, 4.69) is 249 Å². The summed E-state index contributed by atoms with van der Waals surface area (Å²) in [5.41, 5.74) is 21.8. The second-order valence-electron chi connectivity index (χ2n) is 18.3. The van der Waals surface area contributed by atoms with Crippen LogP contribution in [0.1, 0.15) is 47.2 Å². The summed E-state index contributed by atoms with van der Waals surface area (Å²) < 4.78 is 6.52. The number of nitrogens with zero attached hydrogens (tertiary/aromatic N) is 1. The number of para-hydroxylation sites is 3. The van der Waals surface area contributed by atoms with Crippen molar-refractivity contribution in [2.75, 3.05) is 4.90 Å². The fraction of sp³-hybridized carbons (Fsp3) is 0.0625. The minimum atomic E-state index is -0.558. The molecule has 1 heterocycles. The number of fused-ring (bicyclic) bond motifs is 9. The highest BCUT2D eigenvalue weighted by Crippen LogP contribution is 2.59. The minimum Gasteiger partial charge on any atom is -0.456 e. The van der Waals surface area contributed by atoms with E-state index in [1.165, 1.54) is 66.8 Å². The van der Waals surface area contributed by atoms with Crippen molar-refractivity contribution >= 4 is 39.0 Å². The lowest BCUT2D eigenvalue weighted by Crippen LogP contribution is -2.28. The van der Waals surface area contributed by atoms with Crippen molar-refractivity contribution in [2.24, 2.45) is 0 Å². The van der Waals surface area contributed by atoms with Crippen molar-refractivity contribution < 1.29 is 4.42 Å². The standard InChI is InChI=1S/C64H45NO/c1-63(2)54-30-14-10-28-53(54)62-52(29-19-32-56(62)63)49-26-12-17-34-59(49)65(58-33-16-11-24-46(58)42-36-38-51-50-27-13-18-35-60(50)66-61(51)40-42)45-37-39-48-47-25-9-15-31-55(47)64(57(48)41-45,43-20-5-3-6-21-43)44-22-7-4-8-23-44/h3-41H,1-2H3. The van der Waals surface area contributed by atoms with Gasteiger partial charge in [-0.3, -0.25) is 0 Å². The third kappa shape index (κ3) is 5.48. The van der Waals surface area contributed by atoms with Gasteiger partial charge in [0.25, 0.3) is 0 Å². The third-order valence-electron chi connectivity index (χ3n) is 14.6. The van der Waals surface area contributed by atoms with E-state index in [0.717, 1.165) is 50.1 Å². The first-order valence-electron chi connectivity index (χ1n) is 23.0. The molecule has 11 aromatic rings. The zero-order valence-corrected chi connectivity index (χ0v) is 36.9. The zero-order valence-electron chi connectivity index (χ0n) is 36.9. The van der Waals surface area contributed by atoms with E-state index in [-0.39, 0.29) is 5.41 Å². The molecule has 2 heteroatoms. The molecular weight excluding hydrogens is 799 g/mol. The average molecular weight is 844 g/mol. The van der Waals surface area contributed by atoms with Gasteiger partial charge in [0.2, 0.25) is 0 Å². The Kier molecular flexibility index (Phi) is 8.51. The van der Waals surface area contributed by atoms with Gasteiger partial charge in [-0.1, -0.05) is 208 Å². The maximum absolute atomic E-state index is 6.52. The Labute approximate surface area is 385 Å². The Bertz CT molecular complexity index is 3650. The molecule has 0 atom stereocenters. The summed E-state index contributed by atoms with van der Waals surface area (Å²) in [6.45, 7) is 4.73. The van der Waals surface area contributed by atoms with Crippen LogP contribution in [-0.4, -0.2) is 0 Å². The van der Waals surface area contributed by atoms with Crippen LogP contribution in [0.2, 0.25) is 0 Å². The largest absolute Gasteiger partial charge is 0.456 e. The van der Waals surface area contributed by atoms with Gasteiger partial charge in [-0.15, -0.1) is 0 Å². The Hall–Kier alpha value is -8.20. The second kappa shape index (κ2) is 14.7. The van der Waals surface area contributed by atoms with Gasteiger partial charge in [0.1, 0.15) is 11.2 Å². The molecule has 1 aromatic heterocycles. The summed E-state index contributed by atoms with van der Waals surface area (Å²) in [7, 11) is 0. The molecule has 0 saturated heterocycles. The summed E-state index contributed by atoms with van der Waals surface area (Å²) in [5, 5.41) is 2.24. The Balaban J connectivity index is 1.10. The smallest absolute Gasteiger partial charge is 0.136 e. The molecule has 2 aliphatic carbocycles. The second-order valence-corrected chi connectivity index (χ2v) is 18.3. The van der Waals surface area contributed by atoms with Crippen LogP contribution in [0.15, 0.2) is 241 Å². The Morgan fingerprint density at radius 1 is 0.348 bits per heavy atom. The van der Waals surface area contributed by atoms with Crippen molar-refractivity contribution in [3.8, 4) is 44.5 Å². The normalized spacial score (nSPS) is 13.8. The molecule has 0 fully saturated rings. The SMILES string of the molecule is CC1(C)c2ccccc2-c2c(-c3ccccc3N(c3ccc4c(c3)C(c3ccccc3)(c3ccccc3)c3ccccc3-4)c3ccccc3-c3ccc4c(c3)oc3ccccc34)cccc21. The highest BCUT2D eigenvalue weighted by molar-refractivity contribution is 6.07. The predicted molar refractivity (Wildman–Crippen MR) is 274 cm³/mol. The van der Waals surface area contributed by atoms with Crippen LogP contribution in [0.3, 0.4) is 0 Å². The van der Waals surface area contributed by atoms with E-state index < -0.39 is 5.41 Å². The summed E-state index contributed by atoms with van der Waals surface area (Å²) in [4.78, 5) is 2.52. The molecule has 0 amide bonds. The highest BCUT2D eigenvalue weighted by atomic mass is 16.3. The summed E-state index contributed by atoms with van der Waals surface area (Å²) >= 11 is 0. The van der Waals surface area contributed by atoms with Crippen LogP contribution in [0.25, 0.3) is 66.4 Å². The van der Waals surface area contributed by atoms with E-state index in [1.807, 2.05) is 6.07 Å². The third-order valence-corrected chi connectivity index (χ3v) is 14.6. The van der Waals surface area contributed by atoms with E-state index in [9.17, 15) is 0 Å². The molecular formula is C64H45NO. The maximum Gasteiger partial charge on any atom is 0.136 e. The first kappa shape index (κ1) is 38.3. The van der Waals surface area contributed by atoms with E-state index in [0.29, 0.717) is 0 Å². The summed E-state index contributed by atoms with van der Waals surface area (Å²) in [6, 6.07) is 87.2. The molecule has 66 heavy (non-hydrogen) atoms. The molecule has 2 aliphatic rings. The summed E-state index contributed by atoms with van der Waals surface area (Å²) in [6.07, 6.45) is 0. The van der Waals surface area contributed by atoms with Gasteiger partial charge in [-0.2, -0.15) is 0 Å². The lowest BCUT2D eigenvalue weighted by Gasteiger charge is -2.35. The van der Waals surface area contributed by atoms with Gasteiger partial charge in [0.05, 0.1) is 16.8 Å². The van der Waals surface area contributed by atoms with Crippen LogP contribution in [-0.2, 0) is 10.8 Å². The van der Waals surface area contributed by atoms with Gasteiger partial charge in [0.15, 0.2) is 0 Å². The molecule has 10 aromatic carbocycles. The van der Waals surface area contributed by atoms with E-state index >= 15 is 0 Å². The molecule has 0 radical (unpaired) electrons. The fourth-order valence-corrected chi connectivity index (χ4v) is 11.7. The number of anilines is 3. The van der Waals surface area contributed by atoms with Gasteiger partial charge < -0.3 is 9.32 Å². The topological polar surface area (TPSA) is 16.4 Å². The zero-order chi connectivity index (χ0) is 44.0. The van der Waals surface area contributed by atoms with Crippen LogP contribution in [0.4, 0.5) is 17.1 Å². The first-order valence-corrected chi connectivity index (χ1v) is 23.0. The quantitative estimate of drug-likeness (QED) is 0.159. The van der Waals surface area contributed by atoms with Gasteiger partial charge in [0, 0.05) is 33.0 Å². The molecule has 0 bridgehead atoms. The van der Waals surface area contributed by atoms with E-state index in [4.69, 9.17) is 4.42 Å². The number of benzene rings is 10. The molecule has 0 spiro atoms. The van der Waals surface area contributed by atoms with E-state index in [1.54, 1.807) is 0 Å². The summed E-state index contributed by atoms with van der Waals surface area (Å²) in [5.74, 6) is 0. The van der Waals surface area contributed by atoms with Crippen LogP contribution < -0.4 is 4.90 Å². The Morgan fingerprint density at radius 2 is 0.894 bits per heavy atom. The van der Waals surface area contributed by atoms with Crippen molar-refractivity contribution in [1.82, 2.24) is 0 Å². The number of rotatable bonds is 7. The molecule has 0 N–H and O–H groups in total. The molecule has 0 aliphatic heterocycles. The number of furan rings is 1. The molecule has 0 saturated carbocycles. The van der Waals surface area contributed by atoms with Gasteiger partial charge in [-0.05, 0) is 109 Å². The molecule has 0 unspecified atom stereocenters. The van der Waals surface area contributed by atoms with Crippen molar-refractivity contribution in [3.05, 3.63) is 270 Å².